The molecule has 29 heavy (non-hydrogen) atoms. The summed E-state index contributed by atoms with van der Waals surface area (Å²) in [4.78, 5) is 12.9. The Kier molecular flexibility index (Phi) is 5.18. The first-order valence-corrected chi connectivity index (χ1v) is 9.62. The Morgan fingerprint density at radius 3 is 2.59 bits per heavy atom. The standard InChI is InChI=1S/C23H23N3O3/c1-3-29-18-10-8-17(9-11-18)22(27)15-25-12-13-26-21(23(25)28)14-20(24-26)19-7-5-4-6-16(19)2/h4-14,22,27H,3,15H2,1-2H3. The van der Waals surface area contributed by atoms with Gasteiger partial charge in [0.25, 0.3) is 5.56 Å². The van der Waals surface area contributed by atoms with Crippen LogP contribution < -0.4 is 10.3 Å². The van der Waals surface area contributed by atoms with E-state index in [2.05, 4.69) is 5.10 Å². The third kappa shape index (κ3) is 3.79. The van der Waals surface area contributed by atoms with Gasteiger partial charge in [0, 0.05) is 18.0 Å². The first-order valence-electron chi connectivity index (χ1n) is 9.62. The van der Waals surface area contributed by atoms with Gasteiger partial charge in [0.05, 0.1) is 24.9 Å². The molecule has 0 radical (unpaired) electrons. The smallest absolute Gasteiger partial charge is 0.276 e. The van der Waals surface area contributed by atoms with E-state index in [1.807, 2.05) is 62.4 Å². The molecule has 2 heterocycles. The Morgan fingerprint density at radius 2 is 1.86 bits per heavy atom. The predicted octanol–water partition coefficient (Wildman–Crippen LogP) is 3.60. The van der Waals surface area contributed by atoms with Crippen LogP contribution in [0.2, 0.25) is 0 Å². The summed E-state index contributed by atoms with van der Waals surface area (Å²) in [5.74, 6) is 0.755. The average Bonchev–Trinajstić information content (AvgIpc) is 3.16. The van der Waals surface area contributed by atoms with Crippen molar-refractivity contribution in [3.8, 4) is 17.0 Å². The molecule has 0 amide bonds. The van der Waals surface area contributed by atoms with Crippen LogP contribution in [0, 0.1) is 6.92 Å². The monoisotopic (exact) mass is 389 g/mol. The van der Waals surface area contributed by atoms with Gasteiger partial charge in [0.2, 0.25) is 0 Å². The van der Waals surface area contributed by atoms with Crippen molar-refractivity contribution in [2.24, 2.45) is 0 Å². The number of aliphatic hydroxyl groups excluding tert-OH is 1. The van der Waals surface area contributed by atoms with Crippen LogP contribution in [0.1, 0.15) is 24.2 Å². The van der Waals surface area contributed by atoms with E-state index in [1.165, 1.54) is 4.57 Å². The summed E-state index contributed by atoms with van der Waals surface area (Å²) in [5, 5.41) is 15.1. The number of aromatic nitrogens is 3. The van der Waals surface area contributed by atoms with E-state index in [0.717, 1.165) is 28.1 Å². The van der Waals surface area contributed by atoms with Crippen molar-refractivity contribution < 1.29 is 9.84 Å². The molecular weight excluding hydrogens is 366 g/mol. The van der Waals surface area contributed by atoms with Crippen LogP contribution in [0.5, 0.6) is 5.75 Å². The molecule has 2 aromatic heterocycles. The maximum absolute atomic E-state index is 12.9. The van der Waals surface area contributed by atoms with Crippen molar-refractivity contribution in [2.75, 3.05) is 6.61 Å². The Bertz CT molecular complexity index is 1190. The zero-order valence-electron chi connectivity index (χ0n) is 16.4. The molecule has 6 heteroatoms. The van der Waals surface area contributed by atoms with Gasteiger partial charge in [-0.15, -0.1) is 0 Å². The van der Waals surface area contributed by atoms with Crippen LogP contribution >= 0.6 is 0 Å². The van der Waals surface area contributed by atoms with Gasteiger partial charge >= 0.3 is 0 Å². The number of fused-ring (bicyclic) bond motifs is 1. The quantitative estimate of drug-likeness (QED) is 0.547. The summed E-state index contributed by atoms with van der Waals surface area (Å²) >= 11 is 0. The lowest BCUT2D eigenvalue weighted by molar-refractivity contribution is 0.155. The molecule has 148 valence electrons. The lowest BCUT2D eigenvalue weighted by Crippen LogP contribution is -2.24. The van der Waals surface area contributed by atoms with E-state index >= 15 is 0 Å². The molecule has 0 aliphatic rings. The van der Waals surface area contributed by atoms with E-state index < -0.39 is 6.10 Å². The van der Waals surface area contributed by atoms with Crippen molar-refractivity contribution in [2.45, 2.75) is 26.5 Å². The minimum Gasteiger partial charge on any atom is -0.494 e. The number of hydrogen-bond donors (Lipinski definition) is 1. The zero-order valence-corrected chi connectivity index (χ0v) is 16.4. The Morgan fingerprint density at radius 1 is 1.10 bits per heavy atom. The van der Waals surface area contributed by atoms with E-state index in [0.29, 0.717) is 12.1 Å². The molecule has 0 bridgehead atoms. The highest BCUT2D eigenvalue weighted by Crippen LogP contribution is 2.22. The maximum Gasteiger partial charge on any atom is 0.276 e. The molecule has 0 fully saturated rings. The Labute approximate surface area is 168 Å². The third-order valence-electron chi connectivity index (χ3n) is 4.97. The minimum atomic E-state index is -0.801. The molecule has 0 aliphatic carbocycles. The summed E-state index contributed by atoms with van der Waals surface area (Å²) in [7, 11) is 0. The fourth-order valence-corrected chi connectivity index (χ4v) is 3.41. The molecule has 1 unspecified atom stereocenters. The fourth-order valence-electron chi connectivity index (χ4n) is 3.41. The number of aliphatic hydroxyl groups is 1. The van der Waals surface area contributed by atoms with Gasteiger partial charge in [0.1, 0.15) is 11.3 Å². The number of aryl methyl sites for hydroxylation is 1. The van der Waals surface area contributed by atoms with Crippen molar-refractivity contribution in [1.29, 1.82) is 0 Å². The van der Waals surface area contributed by atoms with Gasteiger partial charge in [-0.3, -0.25) is 4.79 Å². The van der Waals surface area contributed by atoms with Gasteiger partial charge in [0.15, 0.2) is 0 Å². The molecular formula is C23H23N3O3. The first-order chi connectivity index (χ1) is 14.1. The largest absolute Gasteiger partial charge is 0.494 e. The van der Waals surface area contributed by atoms with Crippen LogP contribution in [0.25, 0.3) is 16.8 Å². The average molecular weight is 389 g/mol. The molecule has 0 spiro atoms. The van der Waals surface area contributed by atoms with E-state index in [1.54, 1.807) is 23.0 Å². The molecule has 1 atom stereocenters. The molecule has 2 aromatic carbocycles. The summed E-state index contributed by atoms with van der Waals surface area (Å²) in [6.07, 6.45) is 2.59. The molecule has 1 N–H and O–H groups in total. The Hall–Kier alpha value is -3.38. The Balaban J connectivity index is 1.62. The highest BCUT2D eigenvalue weighted by atomic mass is 16.5. The van der Waals surface area contributed by atoms with Crippen LogP contribution in [0.3, 0.4) is 0 Å². The van der Waals surface area contributed by atoms with E-state index in [4.69, 9.17) is 4.74 Å². The number of benzene rings is 2. The summed E-state index contributed by atoms with van der Waals surface area (Å²) in [5.41, 5.74) is 3.87. The second kappa shape index (κ2) is 7.93. The molecule has 0 saturated carbocycles. The highest BCUT2D eigenvalue weighted by Gasteiger charge is 2.14. The number of rotatable bonds is 6. The van der Waals surface area contributed by atoms with Crippen molar-refractivity contribution in [1.82, 2.24) is 14.2 Å². The zero-order chi connectivity index (χ0) is 20.4. The minimum absolute atomic E-state index is 0.161. The topological polar surface area (TPSA) is 68.8 Å². The van der Waals surface area contributed by atoms with E-state index in [-0.39, 0.29) is 12.1 Å². The van der Waals surface area contributed by atoms with Crippen molar-refractivity contribution in [3.63, 3.8) is 0 Å². The van der Waals surface area contributed by atoms with E-state index in [9.17, 15) is 9.90 Å². The van der Waals surface area contributed by atoms with Crippen LogP contribution in [-0.2, 0) is 6.54 Å². The number of ether oxygens (including phenoxy) is 1. The second-order valence-corrected chi connectivity index (χ2v) is 6.95. The molecule has 0 saturated heterocycles. The summed E-state index contributed by atoms with van der Waals surface area (Å²) in [6.45, 7) is 4.69. The van der Waals surface area contributed by atoms with Crippen molar-refractivity contribution in [3.05, 3.63) is 88.5 Å². The van der Waals surface area contributed by atoms with Crippen LogP contribution in [0.15, 0.2) is 71.8 Å². The summed E-state index contributed by atoms with van der Waals surface area (Å²) in [6, 6.07) is 17.0. The van der Waals surface area contributed by atoms with Crippen molar-refractivity contribution >= 4 is 5.52 Å². The lowest BCUT2D eigenvalue weighted by atomic mass is 10.1. The third-order valence-corrected chi connectivity index (χ3v) is 4.97. The van der Waals surface area contributed by atoms with Gasteiger partial charge in [-0.1, -0.05) is 36.4 Å². The van der Waals surface area contributed by atoms with Gasteiger partial charge in [-0.25, -0.2) is 4.52 Å². The van der Waals surface area contributed by atoms with Gasteiger partial charge in [-0.2, -0.15) is 5.10 Å². The van der Waals surface area contributed by atoms with Gasteiger partial charge < -0.3 is 14.4 Å². The van der Waals surface area contributed by atoms with Gasteiger partial charge in [-0.05, 0) is 43.2 Å². The fraction of sp³-hybridized carbons (Fsp3) is 0.217. The molecule has 6 nitrogen and oxygen atoms in total. The maximum atomic E-state index is 12.9. The summed E-state index contributed by atoms with van der Waals surface area (Å²) < 4.78 is 8.53. The molecule has 4 rings (SSSR count). The van der Waals surface area contributed by atoms with Crippen LogP contribution in [-0.4, -0.2) is 25.9 Å². The number of nitrogens with zero attached hydrogens (tertiary/aromatic N) is 3. The highest BCUT2D eigenvalue weighted by molar-refractivity contribution is 5.68. The first kappa shape index (κ1) is 19.0. The molecule has 4 aromatic rings. The van der Waals surface area contributed by atoms with Crippen LogP contribution in [0.4, 0.5) is 0 Å². The second-order valence-electron chi connectivity index (χ2n) is 6.95. The predicted molar refractivity (Wildman–Crippen MR) is 112 cm³/mol. The lowest BCUT2D eigenvalue weighted by Gasteiger charge is -2.14. The number of hydrogen-bond acceptors (Lipinski definition) is 4. The molecule has 0 aliphatic heterocycles. The SMILES string of the molecule is CCOc1ccc(C(O)Cn2ccn3nc(-c4ccccc4C)cc3c2=O)cc1. The normalized spacial score (nSPS) is 12.2.